The number of hydrogen-bond donors (Lipinski definition) is 0. The van der Waals surface area contributed by atoms with Gasteiger partial charge in [0.15, 0.2) is 10.9 Å². The van der Waals surface area contributed by atoms with E-state index in [0.29, 0.717) is 21.5 Å². The van der Waals surface area contributed by atoms with Gasteiger partial charge in [0.05, 0.1) is 0 Å². The van der Waals surface area contributed by atoms with Crippen LogP contribution in [-0.2, 0) is 0 Å². The Kier molecular flexibility index (Phi) is 4.73. The third-order valence-electron chi connectivity index (χ3n) is 7.60. The molecule has 0 heterocycles. The average Bonchev–Trinajstić information content (AvgIpc) is 2.87. The molecule has 0 radical (unpaired) electrons. The molecule has 0 aliphatic rings. The molecule has 0 aliphatic carbocycles. The van der Waals surface area contributed by atoms with Crippen molar-refractivity contribution in [3.63, 3.8) is 0 Å². The molecule has 0 saturated carbocycles. The second-order valence-electron chi connectivity index (χ2n) is 9.42. The van der Waals surface area contributed by atoms with Crippen molar-refractivity contribution in [2.45, 2.75) is 0 Å². The van der Waals surface area contributed by atoms with Gasteiger partial charge in [-0.1, -0.05) is 53.9 Å². The van der Waals surface area contributed by atoms with Crippen LogP contribution in [0.2, 0.25) is 0 Å². The van der Waals surface area contributed by atoms with Crippen LogP contribution in [0.1, 0.15) is 0 Å². The SMILES string of the molecule is O=c1c2cc(Br)ccc2c2cc3c(Br)cc4c(=O)c5cc(Br)c(Br)cc5c5cc6c(Br)cc1c2c6c3c45. The maximum absolute atomic E-state index is 13.8. The molecule has 176 valence electrons. The van der Waals surface area contributed by atoms with Gasteiger partial charge in [-0.3, -0.25) is 9.59 Å². The van der Waals surface area contributed by atoms with E-state index in [4.69, 9.17) is 0 Å². The van der Waals surface area contributed by atoms with E-state index in [-0.39, 0.29) is 10.9 Å². The van der Waals surface area contributed by atoms with Crippen LogP contribution in [0.25, 0.3) is 75.4 Å². The molecule has 0 N–H and O–H groups in total. The number of benzene rings is 8. The van der Waals surface area contributed by atoms with Gasteiger partial charge >= 0.3 is 0 Å². The van der Waals surface area contributed by atoms with E-state index < -0.39 is 0 Å². The lowest BCUT2D eigenvalue weighted by atomic mass is 9.84. The molecule has 8 aromatic carbocycles. The summed E-state index contributed by atoms with van der Waals surface area (Å²) in [5.41, 5.74) is -0.00328. The molecule has 8 aromatic rings. The smallest absolute Gasteiger partial charge is 0.194 e. The van der Waals surface area contributed by atoms with Gasteiger partial charge in [-0.25, -0.2) is 0 Å². The summed E-state index contributed by atoms with van der Waals surface area (Å²) in [6, 6.07) is 18.0. The largest absolute Gasteiger partial charge is 0.289 e. The van der Waals surface area contributed by atoms with E-state index in [1.165, 1.54) is 0 Å². The topological polar surface area (TPSA) is 34.1 Å². The lowest BCUT2D eigenvalue weighted by Gasteiger charge is -2.20. The van der Waals surface area contributed by atoms with Crippen LogP contribution in [0, 0.1) is 0 Å². The maximum atomic E-state index is 13.8. The van der Waals surface area contributed by atoms with Gasteiger partial charge in [-0.05, 0) is 123 Å². The monoisotopic (exact) mass is 796 g/mol. The first-order chi connectivity index (χ1) is 17.7. The van der Waals surface area contributed by atoms with Crippen LogP contribution in [0.5, 0.6) is 0 Å². The fraction of sp³-hybridized carbons (Fsp3) is 0. The number of fused-ring (bicyclic) bond motifs is 4. The van der Waals surface area contributed by atoms with Crippen LogP contribution >= 0.6 is 79.6 Å². The highest BCUT2D eigenvalue weighted by Crippen LogP contribution is 2.49. The summed E-state index contributed by atoms with van der Waals surface area (Å²) < 4.78 is 4.31. The molecule has 8 rings (SSSR count). The van der Waals surface area contributed by atoms with Crippen LogP contribution in [0.15, 0.2) is 86.5 Å². The predicted molar refractivity (Wildman–Crippen MR) is 174 cm³/mol. The van der Waals surface area contributed by atoms with E-state index in [0.717, 1.165) is 76.2 Å². The molecule has 0 spiro atoms. The Bertz CT molecular complexity index is 2450. The predicted octanol–water partition coefficient (Wildman–Crippen LogP) is 10.6. The molecule has 37 heavy (non-hydrogen) atoms. The zero-order valence-electron chi connectivity index (χ0n) is 18.4. The molecule has 0 bridgehead atoms. The zero-order valence-corrected chi connectivity index (χ0v) is 26.3. The Hall–Kier alpha value is -1.90. The second kappa shape index (κ2) is 7.60. The third-order valence-corrected chi connectivity index (χ3v) is 11.3. The number of halogens is 5. The Balaban J connectivity index is 1.80. The summed E-state index contributed by atoms with van der Waals surface area (Å²) >= 11 is 18.3. The lowest BCUT2D eigenvalue weighted by molar-refractivity contribution is 1.64. The highest BCUT2D eigenvalue weighted by molar-refractivity contribution is 9.13. The second-order valence-corrected chi connectivity index (χ2v) is 13.7. The van der Waals surface area contributed by atoms with Crippen molar-refractivity contribution in [2.75, 3.05) is 0 Å². The van der Waals surface area contributed by atoms with Crippen LogP contribution in [0.3, 0.4) is 0 Å². The molecular weight excluding hydrogens is 792 g/mol. The summed E-state index contributed by atoms with van der Waals surface area (Å²) in [6.07, 6.45) is 0. The highest BCUT2D eigenvalue weighted by Gasteiger charge is 2.24. The van der Waals surface area contributed by atoms with Crippen molar-refractivity contribution in [3.8, 4) is 0 Å². The Morgan fingerprint density at radius 1 is 0.351 bits per heavy atom. The lowest BCUT2D eigenvalue weighted by Crippen LogP contribution is -2.07. The third kappa shape index (κ3) is 2.85. The fourth-order valence-corrected chi connectivity index (χ4v) is 8.23. The van der Waals surface area contributed by atoms with Crippen LogP contribution in [-0.4, -0.2) is 0 Å². The molecule has 0 unspecified atom stereocenters. The maximum Gasteiger partial charge on any atom is 0.194 e. The van der Waals surface area contributed by atoms with Crippen LogP contribution < -0.4 is 10.9 Å². The van der Waals surface area contributed by atoms with Gasteiger partial charge in [0.2, 0.25) is 0 Å². The minimum Gasteiger partial charge on any atom is -0.289 e. The van der Waals surface area contributed by atoms with E-state index >= 15 is 0 Å². The standard InChI is InChI=1S/C30H9Br5O2/c31-10-1-2-11-13-4-17-21(32)9-20-26-14(12-6-23(34)24(35)7-16(12)30(20)37)5-18-22(33)8-19(29(36)15(11)3-10)25(13)27(18)28(17)26/h1-9H. The van der Waals surface area contributed by atoms with Crippen molar-refractivity contribution < 1.29 is 0 Å². The molecule has 0 fully saturated rings. The van der Waals surface area contributed by atoms with Gasteiger partial charge in [0, 0.05) is 54.7 Å². The van der Waals surface area contributed by atoms with Gasteiger partial charge in [0.25, 0.3) is 0 Å². The Morgan fingerprint density at radius 2 is 0.811 bits per heavy atom. The summed E-state index contributed by atoms with van der Waals surface area (Å²) in [7, 11) is 0. The van der Waals surface area contributed by atoms with E-state index in [1.807, 2.05) is 42.5 Å². The molecule has 0 amide bonds. The van der Waals surface area contributed by atoms with Crippen molar-refractivity contribution in [2.24, 2.45) is 0 Å². The molecule has 7 heteroatoms. The quantitative estimate of drug-likeness (QED) is 0.113. The molecule has 0 saturated heterocycles. The van der Waals surface area contributed by atoms with Gasteiger partial charge in [-0.15, -0.1) is 0 Å². The summed E-state index contributed by atoms with van der Waals surface area (Å²) in [5.74, 6) is 0. The van der Waals surface area contributed by atoms with Crippen molar-refractivity contribution in [1.29, 1.82) is 0 Å². The number of rotatable bonds is 0. The minimum atomic E-state index is -0.00721. The minimum absolute atomic E-state index is 0.00393. The first-order valence-electron chi connectivity index (χ1n) is 11.3. The van der Waals surface area contributed by atoms with E-state index in [9.17, 15) is 9.59 Å². The van der Waals surface area contributed by atoms with Crippen LogP contribution in [0.4, 0.5) is 0 Å². The molecule has 0 aromatic heterocycles. The Labute approximate surface area is 250 Å². The summed E-state index contributed by atoms with van der Waals surface area (Å²) in [6.45, 7) is 0. The fourth-order valence-electron chi connectivity index (χ4n) is 6.09. The first kappa shape index (κ1) is 23.0. The molecular formula is C30H9Br5O2. The highest BCUT2D eigenvalue weighted by atomic mass is 79.9. The van der Waals surface area contributed by atoms with Crippen molar-refractivity contribution in [1.82, 2.24) is 0 Å². The van der Waals surface area contributed by atoms with Crippen molar-refractivity contribution in [3.05, 3.63) is 97.4 Å². The molecule has 0 atom stereocenters. The molecule has 2 nitrogen and oxygen atoms in total. The molecule has 0 aliphatic heterocycles. The normalized spacial score (nSPS) is 12.7. The average molecular weight is 801 g/mol. The van der Waals surface area contributed by atoms with E-state index in [1.54, 1.807) is 0 Å². The van der Waals surface area contributed by atoms with E-state index in [2.05, 4.69) is 91.8 Å². The van der Waals surface area contributed by atoms with Gasteiger partial charge in [-0.2, -0.15) is 0 Å². The number of hydrogen-bond acceptors (Lipinski definition) is 2. The van der Waals surface area contributed by atoms with Crippen molar-refractivity contribution >= 4 is 155 Å². The Morgan fingerprint density at radius 3 is 1.38 bits per heavy atom. The first-order valence-corrected chi connectivity index (χ1v) is 15.3. The summed E-state index contributed by atoms with van der Waals surface area (Å²) in [4.78, 5) is 27.6. The van der Waals surface area contributed by atoms with Gasteiger partial charge in [0.1, 0.15) is 0 Å². The summed E-state index contributed by atoms with van der Waals surface area (Å²) in [5, 5.41) is 12.5. The van der Waals surface area contributed by atoms with Gasteiger partial charge < -0.3 is 0 Å². The zero-order chi connectivity index (χ0) is 25.5.